The lowest BCUT2D eigenvalue weighted by atomic mass is 10.1. The fourth-order valence-corrected chi connectivity index (χ4v) is 2.46. The number of hydrogen-bond acceptors (Lipinski definition) is 7. The number of nitrogens with one attached hydrogen (secondary N) is 1. The van der Waals surface area contributed by atoms with Gasteiger partial charge in [0.2, 0.25) is 0 Å². The first-order valence-corrected chi connectivity index (χ1v) is 8.76. The average molecular weight is 399 g/mol. The van der Waals surface area contributed by atoms with Crippen LogP contribution < -0.4 is 5.32 Å². The summed E-state index contributed by atoms with van der Waals surface area (Å²) >= 11 is 0. The number of esters is 3. The number of carbonyl (C=O) groups is 4. The lowest BCUT2D eigenvalue weighted by Crippen LogP contribution is -2.22. The van der Waals surface area contributed by atoms with Gasteiger partial charge in [-0.05, 0) is 42.3 Å². The quantitative estimate of drug-likeness (QED) is 0.563. The van der Waals surface area contributed by atoms with Crippen LogP contribution in [0.2, 0.25) is 0 Å². The molecule has 2 rings (SSSR count). The molecule has 1 amide bonds. The number of ether oxygens (including phenoxy) is 3. The zero-order chi connectivity index (χ0) is 21.4. The van der Waals surface area contributed by atoms with Crippen LogP contribution in [0.3, 0.4) is 0 Å². The van der Waals surface area contributed by atoms with Gasteiger partial charge in [0.05, 0.1) is 36.6 Å². The molecule has 0 fully saturated rings. The smallest absolute Gasteiger partial charge is 0.339 e. The molecular formula is C21H21NO7. The second-order valence-corrected chi connectivity index (χ2v) is 5.92. The highest BCUT2D eigenvalue weighted by atomic mass is 16.5. The van der Waals surface area contributed by atoms with Crippen LogP contribution in [-0.2, 0) is 25.4 Å². The van der Waals surface area contributed by atoms with Crippen molar-refractivity contribution in [3.8, 4) is 0 Å². The molecule has 0 spiro atoms. The molecule has 0 unspecified atom stereocenters. The maximum atomic E-state index is 12.2. The van der Waals surface area contributed by atoms with Crippen LogP contribution in [0.4, 0.5) is 5.69 Å². The SMILES string of the molecule is CCc1ccc(C(=O)OCC(=O)Nc2cc(C(=O)OC)ccc2C(=O)OC)cc1. The molecule has 0 saturated carbocycles. The minimum atomic E-state index is -0.704. The van der Waals surface area contributed by atoms with Gasteiger partial charge in [0.15, 0.2) is 6.61 Å². The van der Waals surface area contributed by atoms with Crippen molar-refractivity contribution in [3.05, 3.63) is 64.7 Å². The fourth-order valence-electron chi connectivity index (χ4n) is 2.46. The van der Waals surface area contributed by atoms with Gasteiger partial charge in [-0.3, -0.25) is 4.79 Å². The third-order valence-electron chi connectivity index (χ3n) is 4.05. The molecule has 0 saturated heterocycles. The fraction of sp³-hybridized carbons (Fsp3) is 0.238. The van der Waals surface area contributed by atoms with E-state index in [1.807, 2.05) is 6.92 Å². The van der Waals surface area contributed by atoms with Gasteiger partial charge in [-0.1, -0.05) is 19.1 Å². The topological polar surface area (TPSA) is 108 Å². The summed E-state index contributed by atoms with van der Waals surface area (Å²) in [4.78, 5) is 47.9. The summed E-state index contributed by atoms with van der Waals surface area (Å²) in [7, 11) is 2.40. The third kappa shape index (κ3) is 5.65. The summed E-state index contributed by atoms with van der Waals surface area (Å²) < 4.78 is 14.3. The standard InChI is InChI=1S/C21H21NO7/c1-4-13-5-7-14(8-6-13)20(25)29-12-18(23)22-17-11-15(19(24)27-2)9-10-16(17)21(26)28-3/h5-11H,4,12H2,1-3H3,(H,22,23). The van der Waals surface area contributed by atoms with E-state index >= 15 is 0 Å². The lowest BCUT2D eigenvalue weighted by Gasteiger charge is -2.12. The van der Waals surface area contributed by atoms with Gasteiger partial charge in [0, 0.05) is 0 Å². The molecule has 29 heavy (non-hydrogen) atoms. The van der Waals surface area contributed by atoms with Gasteiger partial charge in [0.25, 0.3) is 5.91 Å². The van der Waals surface area contributed by atoms with Crippen molar-refractivity contribution in [1.29, 1.82) is 0 Å². The Morgan fingerprint density at radius 2 is 1.45 bits per heavy atom. The van der Waals surface area contributed by atoms with Gasteiger partial charge in [-0.2, -0.15) is 0 Å². The number of methoxy groups -OCH3 is 2. The number of anilines is 1. The molecule has 2 aromatic rings. The summed E-state index contributed by atoms with van der Waals surface area (Å²) in [5.74, 6) is -2.68. The Bertz CT molecular complexity index is 919. The Labute approximate surface area is 167 Å². The van der Waals surface area contributed by atoms with Gasteiger partial charge >= 0.3 is 17.9 Å². The van der Waals surface area contributed by atoms with E-state index in [-0.39, 0.29) is 16.8 Å². The van der Waals surface area contributed by atoms with Gasteiger partial charge in [-0.25, -0.2) is 14.4 Å². The highest BCUT2D eigenvalue weighted by Crippen LogP contribution is 2.20. The van der Waals surface area contributed by atoms with Crippen LogP contribution in [0.5, 0.6) is 0 Å². The van der Waals surface area contributed by atoms with E-state index in [2.05, 4.69) is 14.8 Å². The zero-order valence-corrected chi connectivity index (χ0v) is 16.3. The largest absolute Gasteiger partial charge is 0.465 e. The molecule has 0 atom stereocenters. The third-order valence-corrected chi connectivity index (χ3v) is 4.05. The first-order chi connectivity index (χ1) is 13.9. The minimum absolute atomic E-state index is 0.0353. The number of aryl methyl sites for hydroxylation is 1. The van der Waals surface area contributed by atoms with Gasteiger partial charge in [-0.15, -0.1) is 0 Å². The van der Waals surface area contributed by atoms with Gasteiger partial charge in [0.1, 0.15) is 0 Å². The van der Waals surface area contributed by atoms with E-state index in [1.165, 1.54) is 32.4 Å². The zero-order valence-electron chi connectivity index (χ0n) is 16.3. The minimum Gasteiger partial charge on any atom is -0.465 e. The van der Waals surface area contributed by atoms with Crippen LogP contribution >= 0.6 is 0 Å². The molecule has 0 aliphatic rings. The van der Waals surface area contributed by atoms with Crippen LogP contribution in [0.25, 0.3) is 0 Å². The molecule has 152 valence electrons. The van der Waals surface area contributed by atoms with E-state index in [0.717, 1.165) is 12.0 Å². The van der Waals surface area contributed by atoms with Crippen molar-refractivity contribution in [2.24, 2.45) is 0 Å². The average Bonchev–Trinajstić information content (AvgIpc) is 2.76. The van der Waals surface area contributed by atoms with E-state index < -0.39 is 30.4 Å². The monoisotopic (exact) mass is 399 g/mol. The molecular weight excluding hydrogens is 378 g/mol. The van der Waals surface area contributed by atoms with E-state index in [9.17, 15) is 19.2 Å². The van der Waals surface area contributed by atoms with Crippen LogP contribution in [-0.4, -0.2) is 44.6 Å². The van der Waals surface area contributed by atoms with Crippen LogP contribution in [0.15, 0.2) is 42.5 Å². The number of rotatable bonds is 7. The highest BCUT2D eigenvalue weighted by molar-refractivity contribution is 6.04. The second kappa shape index (κ2) is 10.0. The number of benzene rings is 2. The molecule has 0 aromatic heterocycles. The summed E-state index contributed by atoms with van der Waals surface area (Å²) in [6.07, 6.45) is 0.838. The maximum absolute atomic E-state index is 12.2. The van der Waals surface area contributed by atoms with Crippen molar-refractivity contribution >= 4 is 29.5 Å². The second-order valence-electron chi connectivity index (χ2n) is 5.92. The molecule has 0 radical (unpaired) electrons. The highest BCUT2D eigenvalue weighted by Gasteiger charge is 2.18. The van der Waals surface area contributed by atoms with Crippen molar-refractivity contribution in [2.75, 3.05) is 26.1 Å². The number of carbonyl (C=O) groups excluding carboxylic acids is 4. The normalized spacial score (nSPS) is 10.0. The predicted octanol–water partition coefficient (Wildman–Crippen LogP) is 2.62. The van der Waals surface area contributed by atoms with Crippen LogP contribution in [0, 0.1) is 0 Å². The Balaban J connectivity index is 2.08. The number of amides is 1. The molecule has 8 nitrogen and oxygen atoms in total. The van der Waals surface area contributed by atoms with E-state index in [4.69, 9.17) is 4.74 Å². The van der Waals surface area contributed by atoms with Crippen LogP contribution in [0.1, 0.15) is 43.6 Å². The predicted molar refractivity (Wildman–Crippen MR) is 104 cm³/mol. The Kier molecular flexibility index (Phi) is 7.47. The van der Waals surface area contributed by atoms with Gasteiger partial charge < -0.3 is 19.5 Å². The first kappa shape index (κ1) is 21.6. The Morgan fingerprint density at radius 3 is 2.03 bits per heavy atom. The Hall–Kier alpha value is -3.68. The summed E-state index contributed by atoms with van der Waals surface area (Å²) in [6, 6.07) is 10.8. The molecule has 0 heterocycles. The molecule has 1 N–H and O–H groups in total. The summed E-state index contributed by atoms with van der Waals surface area (Å²) in [5.41, 5.74) is 1.59. The molecule has 0 aliphatic heterocycles. The molecule has 0 bridgehead atoms. The van der Waals surface area contributed by atoms with Crippen molar-refractivity contribution < 1.29 is 33.4 Å². The van der Waals surface area contributed by atoms with E-state index in [1.54, 1.807) is 24.3 Å². The molecule has 8 heteroatoms. The van der Waals surface area contributed by atoms with Crippen molar-refractivity contribution in [3.63, 3.8) is 0 Å². The molecule has 2 aromatic carbocycles. The maximum Gasteiger partial charge on any atom is 0.339 e. The Morgan fingerprint density at radius 1 is 0.828 bits per heavy atom. The number of hydrogen-bond donors (Lipinski definition) is 1. The lowest BCUT2D eigenvalue weighted by molar-refractivity contribution is -0.119. The first-order valence-electron chi connectivity index (χ1n) is 8.76. The van der Waals surface area contributed by atoms with Crippen molar-refractivity contribution in [1.82, 2.24) is 0 Å². The molecule has 0 aliphatic carbocycles. The summed E-state index contributed by atoms with van der Waals surface area (Å²) in [5, 5.41) is 2.45. The van der Waals surface area contributed by atoms with E-state index in [0.29, 0.717) is 5.56 Å². The van der Waals surface area contributed by atoms with Crippen molar-refractivity contribution in [2.45, 2.75) is 13.3 Å². The summed E-state index contributed by atoms with van der Waals surface area (Å²) in [6.45, 7) is 1.42.